The van der Waals surface area contributed by atoms with Gasteiger partial charge < -0.3 is 4.57 Å². The van der Waals surface area contributed by atoms with Gasteiger partial charge in [0.15, 0.2) is 0 Å². The monoisotopic (exact) mass is 204 g/mol. The molecule has 0 bridgehead atoms. The van der Waals surface area contributed by atoms with Crippen LogP contribution in [0.4, 0.5) is 0 Å². The van der Waals surface area contributed by atoms with Gasteiger partial charge in [0.2, 0.25) is 0 Å². The number of nitrogens with zero attached hydrogens (tertiary/aromatic N) is 2. The first-order valence-corrected chi connectivity index (χ1v) is 5.03. The molecule has 3 nitrogen and oxygen atoms in total. The van der Waals surface area contributed by atoms with Gasteiger partial charge in [0.1, 0.15) is 11.6 Å². The van der Waals surface area contributed by atoms with E-state index in [9.17, 15) is 4.79 Å². The molecular formula is C12H16N2O. The molecule has 0 aliphatic carbocycles. The molecule has 0 radical (unpaired) electrons. The molecule has 0 unspecified atom stereocenters. The highest BCUT2D eigenvalue weighted by atomic mass is 16.1. The van der Waals surface area contributed by atoms with Crippen LogP contribution in [0, 0.1) is 16.7 Å². The van der Waals surface area contributed by atoms with Gasteiger partial charge in [0.25, 0.3) is 5.56 Å². The van der Waals surface area contributed by atoms with Crippen LogP contribution in [-0.2, 0) is 6.54 Å². The van der Waals surface area contributed by atoms with Crippen molar-refractivity contribution >= 4 is 0 Å². The summed E-state index contributed by atoms with van der Waals surface area (Å²) in [6, 6.07) is 5.19. The predicted octanol–water partition coefficient (Wildman–Crippen LogP) is 2.16. The van der Waals surface area contributed by atoms with E-state index >= 15 is 0 Å². The first-order valence-electron chi connectivity index (χ1n) is 5.03. The fourth-order valence-corrected chi connectivity index (χ4v) is 1.25. The van der Waals surface area contributed by atoms with Crippen LogP contribution in [0.15, 0.2) is 23.1 Å². The van der Waals surface area contributed by atoms with Crippen LogP contribution in [-0.4, -0.2) is 4.57 Å². The molecule has 0 saturated heterocycles. The van der Waals surface area contributed by atoms with E-state index in [1.165, 1.54) is 0 Å². The summed E-state index contributed by atoms with van der Waals surface area (Å²) in [7, 11) is 0. The molecule has 0 aliphatic heterocycles. The molecular weight excluding hydrogens is 188 g/mol. The fourth-order valence-electron chi connectivity index (χ4n) is 1.25. The van der Waals surface area contributed by atoms with E-state index in [0.717, 1.165) is 6.42 Å². The van der Waals surface area contributed by atoms with E-state index in [1.807, 2.05) is 6.07 Å². The van der Waals surface area contributed by atoms with Crippen LogP contribution >= 0.6 is 0 Å². The molecule has 0 saturated carbocycles. The van der Waals surface area contributed by atoms with Crippen LogP contribution in [0.1, 0.15) is 32.8 Å². The Kier molecular flexibility index (Phi) is 3.31. The molecule has 0 atom stereocenters. The van der Waals surface area contributed by atoms with Crippen molar-refractivity contribution in [2.24, 2.45) is 5.41 Å². The van der Waals surface area contributed by atoms with Crippen LogP contribution in [0.5, 0.6) is 0 Å². The predicted molar refractivity (Wildman–Crippen MR) is 59.5 cm³/mol. The molecule has 0 fully saturated rings. The Morgan fingerprint density at radius 3 is 2.67 bits per heavy atom. The minimum Gasteiger partial charge on any atom is -0.314 e. The highest BCUT2D eigenvalue weighted by molar-refractivity contribution is 5.24. The molecule has 1 heterocycles. The molecule has 0 aliphatic rings. The van der Waals surface area contributed by atoms with E-state index in [-0.39, 0.29) is 16.5 Å². The summed E-state index contributed by atoms with van der Waals surface area (Å²) in [5, 5.41) is 8.71. The van der Waals surface area contributed by atoms with E-state index in [2.05, 4.69) is 20.8 Å². The van der Waals surface area contributed by atoms with Crippen molar-refractivity contribution in [3.63, 3.8) is 0 Å². The Bertz CT molecular complexity index is 432. The molecule has 1 aromatic rings. The zero-order valence-corrected chi connectivity index (χ0v) is 9.45. The zero-order valence-electron chi connectivity index (χ0n) is 9.45. The van der Waals surface area contributed by atoms with Crippen LogP contribution in [0.2, 0.25) is 0 Å². The smallest absolute Gasteiger partial charge is 0.268 e. The lowest BCUT2D eigenvalue weighted by Crippen LogP contribution is -2.23. The summed E-state index contributed by atoms with van der Waals surface area (Å²) < 4.78 is 1.60. The molecule has 3 heteroatoms. The number of rotatable bonds is 2. The van der Waals surface area contributed by atoms with Crippen LogP contribution in [0.25, 0.3) is 0 Å². The molecule has 80 valence electrons. The number of hydrogen-bond donors (Lipinski definition) is 0. The van der Waals surface area contributed by atoms with Crippen molar-refractivity contribution in [3.8, 4) is 6.07 Å². The summed E-state index contributed by atoms with van der Waals surface area (Å²) in [6.45, 7) is 7.06. The van der Waals surface area contributed by atoms with Gasteiger partial charge in [0.05, 0.1) is 0 Å². The Balaban J connectivity index is 2.89. The van der Waals surface area contributed by atoms with E-state index < -0.39 is 0 Å². The number of hydrogen-bond acceptors (Lipinski definition) is 2. The first-order chi connectivity index (χ1) is 6.94. The van der Waals surface area contributed by atoms with Gasteiger partial charge in [-0.25, -0.2) is 0 Å². The Morgan fingerprint density at radius 1 is 1.47 bits per heavy atom. The average Bonchev–Trinajstić information content (AvgIpc) is 2.15. The highest BCUT2D eigenvalue weighted by Crippen LogP contribution is 2.18. The molecule has 0 spiro atoms. The normalized spacial score (nSPS) is 11.1. The van der Waals surface area contributed by atoms with Gasteiger partial charge in [-0.2, -0.15) is 5.26 Å². The third kappa shape index (κ3) is 3.25. The highest BCUT2D eigenvalue weighted by Gasteiger charge is 2.11. The minimum atomic E-state index is -0.191. The largest absolute Gasteiger partial charge is 0.314 e. The number of aryl methyl sites for hydroxylation is 1. The molecule has 15 heavy (non-hydrogen) atoms. The van der Waals surface area contributed by atoms with Gasteiger partial charge >= 0.3 is 0 Å². The summed E-state index contributed by atoms with van der Waals surface area (Å²) in [4.78, 5) is 11.7. The third-order valence-corrected chi connectivity index (χ3v) is 2.24. The van der Waals surface area contributed by atoms with Crippen molar-refractivity contribution in [1.29, 1.82) is 5.26 Å². The Labute approximate surface area is 90.0 Å². The van der Waals surface area contributed by atoms with Gasteiger partial charge in [-0.1, -0.05) is 20.8 Å². The van der Waals surface area contributed by atoms with Crippen molar-refractivity contribution in [2.45, 2.75) is 33.7 Å². The van der Waals surface area contributed by atoms with Crippen molar-refractivity contribution in [3.05, 3.63) is 34.2 Å². The molecule has 1 aromatic heterocycles. The Morgan fingerprint density at radius 2 is 2.13 bits per heavy atom. The van der Waals surface area contributed by atoms with Crippen LogP contribution < -0.4 is 5.56 Å². The molecule has 0 N–H and O–H groups in total. The van der Waals surface area contributed by atoms with Gasteiger partial charge in [-0.15, -0.1) is 0 Å². The lowest BCUT2D eigenvalue weighted by Gasteiger charge is -2.18. The van der Waals surface area contributed by atoms with Gasteiger partial charge in [-0.3, -0.25) is 4.79 Å². The van der Waals surface area contributed by atoms with E-state index in [1.54, 1.807) is 22.9 Å². The van der Waals surface area contributed by atoms with Crippen LogP contribution in [0.3, 0.4) is 0 Å². The quantitative estimate of drug-likeness (QED) is 0.741. The van der Waals surface area contributed by atoms with E-state index in [0.29, 0.717) is 6.54 Å². The fraction of sp³-hybridized carbons (Fsp3) is 0.500. The summed E-state index contributed by atoms with van der Waals surface area (Å²) in [5.74, 6) is 0. The second-order valence-corrected chi connectivity index (χ2v) is 4.84. The van der Waals surface area contributed by atoms with Crippen molar-refractivity contribution in [2.75, 3.05) is 0 Å². The number of nitriles is 1. The topological polar surface area (TPSA) is 45.8 Å². The number of pyridine rings is 1. The lowest BCUT2D eigenvalue weighted by atomic mass is 9.92. The number of aromatic nitrogens is 1. The summed E-state index contributed by atoms with van der Waals surface area (Å²) in [6.07, 6.45) is 2.65. The standard InChI is InChI=1S/C12H16N2O/c1-12(2,3)6-8-14-7-4-5-10(9-13)11(14)15/h4-5,7H,6,8H2,1-3H3. The average molecular weight is 204 g/mol. The second-order valence-electron chi connectivity index (χ2n) is 4.84. The molecule has 0 aromatic carbocycles. The Hall–Kier alpha value is -1.56. The van der Waals surface area contributed by atoms with E-state index in [4.69, 9.17) is 5.26 Å². The molecule has 1 rings (SSSR count). The maximum absolute atomic E-state index is 11.7. The summed E-state index contributed by atoms with van der Waals surface area (Å²) >= 11 is 0. The van der Waals surface area contributed by atoms with Crippen molar-refractivity contribution < 1.29 is 0 Å². The maximum atomic E-state index is 11.7. The summed E-state index contributed by atoms with van der Waals surface area (Å²) in [5.41, 5.74) is 0.220. The van der Waals surface area contributed by atoms with Crippen molar-refractivity contribution in [1.82, 2.24) is 4.57 Å². The second kappa shape index (κ2) is 4.31. The first kappa shape index (κ1) is 11.5. The third-order valence-electron chi connectivity index (χ3n) is 2.24. The maximum Gasteiger partial charge on any atom is 0.268 e. The molecule has 0 amide bonds. The zero-order chi connectivity index (χ0) is 11.5. The van der Waals surface area contributed by atoms with Gasteiger partial charge in [0, 0.05) is 12.7 Å². The lowest BCUT2D eigenvalue weighted by molar-refractivity contribution is 0.347. The SMILES string of the molecule is CC(C)(C)CCn1cccc(C#N)c1=O. The van der Waals surface area contributed by atoms with Gasteiger partial charge in [-0.05, 0) is 24.0 Å². The minimum absolute atomic E-state index is 0.191.